The Bertz CT molecular complexity index is 1540. The fourth-order valence-electron chi connectivity index (χ4n) is 12.4. The first-order chi connectivity index (χ1) is 24.0. The van der Waals surface area contributed by atoms with Gasteiger partial charge in [0.15, 0.2) is 12.1 Å². The molecule has 6 heterocycles. The molecule has 11 nitrogen and oxygen atoms in total. The van der Waals surface area contributed by atoms with Crippen molar-refractivity contribution in [3.05, 3.63) is 35.1 Å². The number of hydrogen-bond donors (Lipinski definition) is 7. The van der Waals surface area contributed by atoms with Gasteiger partial charge < -0.3 is 40.3 Å². The van der Waals surface area contributed by atoms with Crippen LogP contribution in [0.5, 0.6) is 0 Å². The molecular weight excluding hydrogens is 681 g/mol. The van der Waals surface area contributed by atoms with Crippen molar-refractivity contribution in [3.8, 4) is 0 Å². The normalized spacial score (nSPS) is 53.0. The van der Waals surface area contributed by atoms with Gasteiger partial charge in [-0.25, -0.2) is 0 Å². The van der Waals surface area contributed by atoms with Crippen molar-refractivity contribution in [1.29, 1.82) is 0 Å². The SMILES string of the molecule is CC1=C[C@H]2C(=O)C3CCCC4O[C@@H]5O[C@H](CO)[C@@H](O)[C@](O)(C[C@@]67CCC[C@H]6C=C6C[C@@H](NC8[NH2+]CCC7C68)SSC[C@@]2(C(=O)C43)C(O)=C1)[C@H]5O. The number of rotatable bonds is 1. The van der Waals surface area contributed by atoms with Crippen molar-refractivity contribution in [2.75, 3.05) is 18.9 Å². The monoisotopic (exact) mass is 731 g/mol. The largest absolute Gasteiger partial charge is 0.511 e. The van der Waals surface area contributed by atoms with Crippen molar-refractivity contribution < 1.29 is 49.9 Å². The number of nitrogens with two attached hydrogens (primary N) is 1. The minimum atomic E-state index is -2.05. The van der Waals surface area contributed by atoms with E-state index >= 15 is 4.79 Å². The third kappa shape index (κ3) is 4.80. The molecule has 11 rings (SSSR count). The molecule has 6 unspecified atom stereocenters. The summed E-state index contributed by atoms with van der Waals surface area (Å²) in [5, 5.41) is 65.0. The van der Waals surface area contributed by atoms with E-state index < -0.39 is 66.1 Å². The molecule has 3 saturated carbocycles. The summed E-state index contributed by atoms with van der Waals surface area (Å²) in [5.74, 6) is -1.82. The second-order valence-corrected chi connectivity index (χ2v) is 19.4. The van der Waals surface area contributed by atoms with Crippen LogP contribution in [-0.4, -0.2) is 104 Å². The van der Waals surface area contributed by atoms with Crippen molar-refractivity contribution in [2.24, 2.45) is 46.3 Å². The highest BCUT2D eigenvalue weighted by atomic mass is 33.1. The first kappa shape index (κ1) is 34.5. The summed E-state index contributed by atoms with van der Waals surface area (Å²) in [4.78, 5) is 29.5. The van der Waals surface area contributed by atoms with Crippen LogP contribution in [0.3, 0.4) is 0 Å². The molecule has 0 aromatic heterocycles. The number of carbonyl (C=O) groups excluding carboxylic acids is 2. The summed E-state index contributed by atoms with van der Waals surface area (Å²) in [6.45, 7) is 2.16. The van der Waals surface area contributed by atoms with Crippen molar-refractivity contribution >= 4 is 33.2 Å². The Labute approximate surface area is 300 Å². The Morgan fingerprint density at radius 1 is 1.06 bits per heavy atom. The summed E-state index contributed by atoms with van der Waals surface area (Å²) in [5.41, 5.74) is -1.70. The maximum absolute atomic E-state index is 15.0. The summed E-state index contributed by atoms with van der Waals surface area (Å²) in [6.07, 6.45) is 5.62. The molecule has 5 aliphatic carbocycles. The minimum Gasteiger partial charge on any atom is -0.511 e. The van der Waals surface area contributed by atoms with Crippen LogP contribution >= 0.6 is 21.6 Å². The van der Waals surface area contributed by atoms with E-state index in [-0.39, 0.29) is 64.2 Å². The summed E-state index contributed by atoms with van der Waals surface area (Å²) < 4.78 is 12.6. The average molecular weight is 732 g/mol. The maximum atomic E-state index is 15.0. The summed E-state index contributed by atoms with van der Waals surface area (Å²) in [6, 6.07) is 0. The molecule has 10 bridgehead atoms. The Hall–Kier alpha value is -1.26. The number of Topliss-reactive ketones (excluding diaryl/α,β-unsaturated/α-hetero) is 2. The predicted octanol–water partition coefficient (Wildman–Crippen LogP) is 1.47. The van der Waals surface area contributed by atoms with E-state index in [1.54, 1.807) is 27.7 Å². The van der Waals surface area contributed by atoms with Crippen LogP contribution in [0.4, 0.5) is 0 Å². The van der Waals surface area contributed by atoms with Crippen LogP contribution in [0, 0.1) is 46.3 Å². The van der Waals surface area contributed by atoms with Crippen LogP contribution in [0.2, 0.25) is 0 Å². The van der Waals surface area contributed by atoms with E-state index in [2.05, 4.69) is 16.7 Å². The first-order valence-corrected chi connectivity index (χ1v) is 21.2. The number of quaternary nitrogens is 1. The maximum Gasteiger partial charge on any atom is 0.187 e. The van der Waals surface area contributed by atoms with Crippen molar-refractivity contribution in [2.45, 2.75) is 113 Å². The van der Waals surface area contributed by atoms with Gasteiger partial charge in [0, 0.05) is 18.1 Å². The third-order valence-corrected chi connectivity index (χ3v) is 17.2. The number of ketones is 2. The molecule has 50 heavy (non-hydrogen) atoms. The van der Waals surface area contributed by atoms with E-state index in [4.69, 9.17) is 9.47 Å². The van der Waals surface area contributed by atoms with E-state index in [9.17, 15) is 30.3 Å². The molecule has 16 atom stereocenters. The van der Waals surface area contributed by atoms with Gasteiger partial charge in [-0.3, -0.25) is 14.9 Å². The number of piperidine rings is 2. The quantitative estimate of drug-likeness (QED) is 0.153. The average Bonchev–Trinajstić information content (AvgIpc) is 3.51. The second-order valence-electron chi connectivity index (χ2n) is 16.8. The van der Waals surface area contributed by atoms with E-state index in [1.165, 1.54) is 5.57 Å². The summed E-state index contributed by atoms with van der Waals surface area (Å²) in [7, 11) is 3.23. The molecule has 2 spiro atoms. The zero-order chi connectivity index (χ0) is 34.7. The molecular formula is C37H51N2O9S2+. The highest BCUT2D eigenvalue weighted by molar-refractivity contribution is 8.76. The first-order valence-electron chi connectivity index (χ1n) is 18.8. The molecule has 274 valence electrons. The van der Waals surface area contributed by atoms with Gasteiger partial charge in [0.1, 0.15) is 47.0 Å². The van der Waals surface area contributed by atoms with Gasteiger partial charge in [0.2, 0.25) is 0 Å². The minimum absolute atomic E-state index is 0.0689. The Morgan fingerprint density at radius 3 is 2.72 bits per heavy atom. The fraction of sp³-hybridized carbons (Fsp3) is 0.784. The zero-order valence-corrected chi connectivity index (χ0v) is 30.1. The van der Waals surface area contributed by atoms with Crippen LogP contribution in [0.25, 0.3) is 0 Å². The Balaban J connectivity index is 1.18. The smallest absolute Gasteiger partial charge is 0.187 e. The Morgan fingerprint density at radius 2 is 1.90 bits per heavy atom. The van der Waals surface area contributed by atoms with E-state index in [1.807, 2.05) is 13.0 Å². The third-order valence-electron chi connectivity index (χ3n) is 14.5. The van der Waals surface area contributed by atoms with E-state index in [0.29, 0.717) is 19.3 Å². The van der Waals surface area contributed by atoms with Gasteiger partial charge in [0.05, 0.1) is 42.4 Å². The van der Waals surface area contributed by atoms with Crippen LogP contribution < -0.4 is 10.6 Å². The van der Waals surface area contributed by atoms with Crippen LogP contribution in [0.1, 0.15) is 64.7 Å². The zero-order valence-electron chi connectivity index (χ0n) is 28.5. The molecule has 8 fully saturated rings. The van der Waals surface area contributed by atoms with Crippen molar-refractivity contribution in [3.63, 3.8) is 0 Å². The standard InChI is InChI=1S/C37H50N2O9S2/c1-17-10-22-29(42)20-5-2-6-23-28(20)31(44)36(22,25(41)11-17)16-49-50-26-13-18-12-19-4-3-8-35(19,21-7-9-38-33(39-26)27(18)21)15-37(46)30(43)24(14-40)48-34(47-23)32(37)45/h10-12,19-24,26-28,30,32-34,38-41,43,45-46H,2-9,13-16H2,1H3/p+1/t19-,20?,21?,22-,23?,24+,26-,27?,28?,30+,32-,33?,34+,35-,36-,37+/m0/s1. The lowest BCUT2D eigenvalue weighted by Crippen LogP contribution is -2.98. The van der Waals surface area contributed by atoms with Gasteiger partial charge in [-0.05, 0) is 68.8 Å². The molecule has 13 heteroatoms. The highest BCUT2D eigenvalue weighted by Crippen LogP contribution is 2.64. The van der Waals surface area contributed by atoms with Gasteiger partial charge >= 0.3 is 0 Å². The topological polar surface area (TPSA) is 182 Å². The molecule has 0 amide bonds. The number of aliphatic hydroxyl groups excluding tert-OH is 4. The van der Waals surface area contributed by atoms with Gasteiger partial charge in [-0.15, -0.1) is 0 Å². The molecule has 6 aliphatic heterocycles. The number of nitrogens with one attached hydrogen (secondary N) is 1. The van der Waals surface area contributed by atoms with Gasteiger partial charge in [0.25, 0.3) is 0 Å². The fourth-order valence-corrected chi connectivity index (χ4v) is 15.4. The second kappa shape index (κ2) is 12.4. The van der Waals surface area contributed by atoms with Crippen LogP contribution in [-0.2, 0) is 19.1 Å². The molecule has 11 aliphatic rings. The number of allylic oxidation sites excluding steroid dienone is 5. The molecule has 8 N–H and O–H groups in total. The van der Waals surface area contributed by atoms with Crippen LogP contribution in [0.15, 0.2) is 35.1 Å². The number of aliphatic hydroxyl groups is 5. The van der Waals surface area contributed by atoms with Gasteiger partial charge in [-0.2, -0.15) is 0 Å². The summed E-state index contributed by atoms with van der Waals surface area (Å²) >= 11 is 0. The number of ether oxygens (including phenoxy) is 2. The molecule has 0 aromatic carbocycles. The lowest BCUT2D eigenvalue weighted by molar-refractivity contribution is -0.714. The molecule has 0 aromatic rings. The number of hydrogen-bond acceptors (Lipinski definition) is 12. The van der Waals surface area contributed by atoms with Crippen molar-refractivity contribution in [1.82, 2.24) is 5.32 Å². The highest BCUT2D eigenvalue weighted by Gasteiger charge is 2.67. The van der Waals surface area contributed by atoms with E-state index in [0.717, 1.165) is 44.2 Å². The molecule has 5 saturated heterocycles. The lowest BCUT2D eigenvalue weighted by Gasteiger charge is -2.59. The molecule has 0 radical (unpaired) electrons. The van der Waals surface area contributed by atoms with Gasteiger partial charge in [-0.1, -0.05) is 57.7 Å². The number of carbonyl (C=O) groups is 2. The Kier molecular flexibility index (Phi) is 8.55. The lowest BCUT2D eigenvalue weighted by atomic mass is 9.51. The predicted molar refractivity (Wildman–Crippen MR) is 185 cm³/mol.